The molecule has 3 rings (SSSR count). The summed E-state index contributed by atoms with van der Waals surface area (Å²) in [6.07, 6.45) is 0. The van der Waals surface area contributed by atoms with Gasteiger partial charge in [0, 0.05) is 20.2 Å². The highest BCUT2D eigenvalue weighted by atomic mass is 32.1. The van der Waals surface area contributed by atoms with Crippen LogP contribution in [0.25, 0.3) is 0 Å². The number of ether oxygens (including phenoxy) is 1. The van der Waals surface area contributed by atoms with Crippen LogP contribution in [0.3, 0.4) is 0 Å². The van der Waals surface area contributed by atoms with Crippen LogP contribution in [-0.4, -0.2) is 48.4 Å². The predicted octanol–water partition coefficient (Wildman–Crippen LogP) is 2.02. The highest BCUT2D eigenvalue weighted by Crippen LogP contribution is 2.31. The summed E-state index contributed by atoms with van der Waals surface area (Å²) in [5, 5.41) is 0.561. The summed E-state index contributed by atoms with van der Waals surface area (Å²) in [5.41, 5.74) is 1.73. The van der Waals surface area contributed by atoms with Crippen LogP contribution in [0, 0.1) is 0 Å². The fourth-order valence-corrected chi connectivity index (χ4v) is 3.23. The molecule has 1 aromatic heterocycles. The maximum Gasteiger partial charge on any atom is 0.266 e. The lowest BCUT2D eigenvalue weighted by atomic mass is 10.1. The maximum absolute atomic E-state index is 12.4. The van der Waals surface area contributed by atoms with E-state index in [0.29, 0.717) is 29.3 Å². The van der Waals surface area contributed by atoms with Gasteiger partial charge in [0.1, 0.15) is 5.00 Å². The molecule has 1 aliphatic heterocycles. The third-order valence-electron chi connectivity index (χ3n) is 3.67. The standard InChI is InChI=1S/C16H17N3O3S/c1-18(7-8-22-2)10-11-9-14(23-17-11)19-15(20)12-5-3-4-6-13(12)16(19)21/h3-6,9H,7-8,10H2,1-2H3. The van der Waals surface area contributed by atoms with E-state index in [9.17, 15) is 9.59 Å². The van der Waals surface area contributed by atoms with Gasteiger partial charge in [-0.05, 0) is 36.8 Å². The summed E-state index contributed by atoms with van der Waals surface area (Å²) < 4.78 is 9.40. The third kappa shape index (κ3) is 3.03. The minimum Gasteiger partial charge on any atom is -0.383 e. The molecule has 0 N–H and O–H groups in total. The average molecular weight is 331 g/mol. The van der Waals surface area contributed by atoms with Crippen LogP contribution in [0.4, 0.5) is 5.00 Å². The van der Waals surface area contributed by atoms with E-state index in [-0.39, 0.29) is 11.8 Å². The molecule has 0 fully saturated rings. The molecule has 2 amide bonds. The summed E-state index contributed by atoms with van der Waals surface area (Å²) >= 11 is 1.17. The van der Waals surface area contributed by atoms with Gasteiger partial charge in [0.15, 0.2) is 0 Å². The number of aromatic nitrogens is 1. The van der Waals surface area contributed by atoms with Crippen molar-refractivity contribution in [3.8, 4) is 0 Å². The quantitative estimate of drug-likeness (QED) is 0.758. The normalized spacial score (nSPS) is 14.0. The van der Waals surface area contributed by atoms with E-state index in [1.165, 1.54) is 16.4 Å². The Morgan fingerprint density at radius 1 is 1.22 bits per heavy atom. The van der Waals surface area contributed by atoms with Gasteiger partial charge in [-0.15, -0.1) is 0 Å². The number of methoxy groups -OCH3 is 1. The highest BCUT2D eigenvalue weighted by molar-refractivity contribution is 7.10. The molecule has 0 bridgehead atoms. The van der Waals surface area contributed by atoms with Crippen molar-refractivity contribution in [1.82, 2.24) is 9.27 Å². The molecule has 0 saturated carbocycles. The SMILES string of the molecule is COCCN(C)Cc1cc(N2C(=O)c3ccccc3C2=O)sn1. The van der Waals surface area contributed by atoms with Crippen molar-refractivity contribution in [3.05, 3.63) is 47.2 Å². The van der Waals surface area contributed by atoms with Gasteiger partial charge in [0.25, 0.3) is 11.8 Å². The van der Waals surface area contributed by atoms with Crippen LogP contribution in [-0.2, 0) is 11.3 Å². The van der Waals surface area contributed by atoms with Crippen molar-refractivity contribution in [3.63, 3.8) is 0 Å². The molecule has 0 atom stereocenters. The zero-order chi connectivity index (χ0) is 16.4. The highest BCUT2D eigenvalue weighted by Gasteiger charge is 2.37. The van der Waals surface area contributed by atoms with Crippen LogP contribution in [0.5, 0.6) is 0 Å². The van der Waals surface area contributed by atoms with Crippen molar-refractivity contribution in [2.75, 3.05) is 32.2 Å². The number of fused-ring (bicyclic) bond motifs is 1. The summed E-state index contributed by atoms with van der Waals surface area (Å²) in [6.45, 7) is 2.07. The van der Waals surface area contributed by atoms with E-state index in [1.54, 1.807) is 37.4 Å². The molecule has 1 aromatic carbocycles. The number of imide groups is 1. The first-order valence-electron chi connectivity index (χ1n) is 7.22. The average Bonchev–Trinajstić information content (AvgIpc) is 3.09. The number of amides is 2. The van der Waals surface area contributed by atoms with Gasteiger partial charge >= 0.3 is 0 Å². The van der Waals surface area contributed by atoms with E-state index in [4.69, 9.17) is 4.74 Å². The predicted molar refractivity (Wildman–Crippen MR) is 87.9 cm³/mol. The fraction of sp³-hybridized carbons (Fsp3) is 0.312. The second-order valence-corrected chi connectivity index (χ2v) is 6.16. The summed E-state index contributed by atoms with van der Waals surface area (Å²) in [7, 11) is 3.64. The molecule has 23 heavy (non-hydrogen) atoms. The second kappa shape index (κ2) is 6.57. The van der Waals surface area contributed by atoms with E-state index < -0.39 is 0 Å². The number of carbonyl (C=O) groups excluding carboxylic acids is 2. The van der Waals surface area contributed by atoms with E-state index >= 15 is 0 Å². The first-order valence-corrected chi connectivity index (χ1v) is 8.00. The third-order valence-corrected chi connectivity index (χ3v) is 4.48. The van der Waals surface area contributed by atoms with Crippen LogP contribution in [0.15, 0.2) is 30.3 Å². The number of benzene rings is 1. The Morgan fingerprint density at radius 3 is 2.48 bits per heavy atom. The lowest BCUT2D eigenvalue weighted by Crippen LogP contribution is -2.28. The summed E-state index contributed by atoms with van der Waals surface area (Å²) in [6, 6.07) is 8.68. The molecule has 0 unspecified atom stereocenters. The lowest BCUT2D eigenvalue weighted by Gasteiger charge is -2.14. The number of rotatable bonds is 6. The Labute approximate surface area is 138 Å². The van der Waals surface area contributed by atoms with Crippen LogP contribution in [0.2, 0.25) is 0 Å². The van der Waals surface area contributed by atoms with E-state index in [2.05, 4.69) is 9.27 Å². The number of anilines is 1. The van der Waals surface area contributed by atoms with Gasteiger partial charge in [-0.3, -0.25) is 14.5 Å². The topological polar surface area (TPSA) is 62.7 Å². The number of carbonyl (C=O) groups is 2. The molecule has 0 aliphatic carbocycles. The van der Waals surface area contributed by atoms with Crippen molar-refractivity contribution >= 4 is 28.3 Å². The molecule has 0 saturated heterocycles. The number of hydrogen-bond acceptors (Lipinski definition) is 6. The van der Waals surface area contributed by atoms with Gasteiger partial charge in [0.2, 0.25) is 0 Å². The molecule has 7 heteroatoms. The van der Waals surface area contributed by atoms with Crippen LogP contribution >= 0.6 is 11.5 Å². The zero-order valence-corrected chi connectivity index (χ0v) is 13.8. The van der Waals surface area contributed by atoms with Crippen molar-refractivity contribution in [2.45, 2.75) is 6.54 Å². The Kier molecular flexibility index (Phi) is 4.51. The molecule has 1 aliphatic rings. The van der Waals surface area contributed by atoms with Gasteiger partial charge in [-0.25, -0.2) is 4.90 Å². The molecule has 0 spiro atoms. The maximum atomic E-state index is 12.4. The van der Waals surface area contributed by atoms with Crippen molar-refractivity contribution in [1.29, 1.82) is 0 Å². The molecular weight excluding hydrogens is 314 g/mol. The summed E-state index contributed by atoms with van der Waals surface area (Å²) in [5.74, 6) is -0.568. The van der Waals surface area contributed by atoms with E-state index in [0.717, 1.165) is 12.2 Å². The van der Waals surface area contributed by atoms with Crippen molar-refractivity contribution in [2.24, 2.45) is 0 Å². The molecular formula is C16H17N3O3S. The minimum atomic E-state index is -0.284. The largest absolute Gasteiger partial charge is 0.383 e. The Bertz CT molecular complexity index is 709. The fourth-order valence-electron chi connectivity index (χ4n) is 2.47. The van der Waals surface area contributed by atoms with Crippen LogP contribution < -0.4 is 4.90 Å². The summed E-state index contributed by atoms with van der Waals surface area (Å²) in [4.78, 5) is 28.2. The minimum absolute atomic E-state index is 0.284. The van der Waals surface area contributed by atoms with Gasteiger partial charge < -0.3 is 4.74 Å². The Morgan fingerprint density at radius 2 is 1.87 bits per heavy atom. The van der Waals surface area contributed by atoms with Crippen molar-refractivity contribution < 1.29 is 14.3 Å². The molecule has 0 radical (unpaired) electrons. The Hall–Kier alpha value is -2.09. The van der Waals surface area contributed by atoms with Gasteiger partial charge in [0.05, 0.1) is 23.4 Å². The second-order valence-electron chi connectivity index (χ2n) is 5.38. The molecule has 6 nitrogen and oxygen atoms in total. The first-order chi connectivity index (χ1) is 11.1. The number of hydrogen-bond donors (Lipinski definition) is 0. The van der Waals surface area contributed by atoms with Gasteiger partial charge in [-0.1, -0.05) is 12.1 Å². The Balaban J connectivity index is 1.77. The molecule has 120 valence electrons. The van der Waals surface area contributed by atoms with E-state index in [1.807, 2.05) is 7.05 Å². The zero-order valence-electron chi connectivity index (χ0n) is 13.0. The monoisotopic (exact) mass is 331 g/mol. The number of likely N-dealkylation sites (N-methyl/N-ethyl adjacent to an activating group) is 1. The van der Waals surface area contributed by atoms with Crippen LogP contribution in [0.1, 0.15) is 26.4 Å². The molecule has 2 aromatic rings. The smallest absolute Gasteiger partial charge is 0.266 e. The lowest BCUT2D eigenvalue weighted by molar-refractivity contribution is 0.0927. The first kappa shape index (κ1) is 15.8. The molecule has 2 heterocycles. The number of nitrogens with zero attached hydrogens (tertiary/aromatic N) is 3. The van der Waals surface area contributed by atoms with Gasteiger partial charge in [-0.2, -0.15) is 4.37 Å².